The van der Waals surface area contributed by atoms with Crippen molar-refractivity contribution >= 4 is 27.5 Å². The molecule has 40 heavy (non-hydrogen) atoms. The average Bonchev–Trinajstić information content (AvgIpc) is 2.87. The van der Waals surface area contributed by atoms with Crippen molar-refractivity contribution < 1.29 is 27.1 Å². The van der Waals surface area contributed by atoms with E-state index in [0.717, 1.165) is 10.6 Å². The number of sulfonamides is 1. The first kappa shape index (κ1) is 30.6. The topological polar surface area (TPSA) is 96.0 Å². The van der Waals surface area contributed by atoms with E-state index in [2.05, 4.69) is 5.32 Å². The minimum absolute atomic E-state index is 0.00334. The van der Waals surface area contributed by atoms with Gasteiger partial charge in [-0.05, 0) is 81.3 Å². The van der Waals surface area contributed by atoms with E-state index in [9.17, 15) is 22.4 Å². The molecule has 3 aromatic carbocycles. The zero-order valence-electron chi connectivity index (χ0n) is 23.4. The predicted molar refractivity (Wildman–Crippen MR) is 154 cm³/mol. The van der Waals surface area contributed by atoms with Crippen molar-refractivity contribution in [2.45, 2.75) is 52.2 Å². The molecule has 0 bridgehead atoms. The molecule has 0 saturated heterocycles. The van der Waals surface area contributed by atoms with Crippen LogP contribution in [0.25, 0.3) is 0 Å². The standard InChI is InChI=1S/C30H36FN3O5S/c1-6-27(29(36)32-30(2,3)4)33(20-22-12-14-23(31)15-13-22)28(35)21-34(40(5,37)38)24-16-18-26(19-17-24)39-25-10-8-7-9-11-25/h7-19,27H,6,20-21H2,1-5H3,(H,32,36)/t27-/m1/s1. The number of carbonyl (C=O) groups is 2. The molecule has 0 aliphatic rings. The van der Waals surface area contributed by atoms with E-state index in [-0.39, 0.29) is 18.1 Å². The maximum Gasteiger partial charge on any atom is 0.244 e. The molecule has 0 aliphatic heterocycles. The van der Waals surface area contributed by atoms with Crippen LogP contribution in [0, 0.1) is 5.82 Å². The van der Waals surface area contributed by atoms with Gasteiger partial charge in [-0.15, -0.1) is 0 Å². The molecule has 214 valence electrons. The molecule has 0 spiro atoms. The van der Waals surface area contributed by atoms with Crippen molar-refractivity contribution in [1.29, 1.82) is 0 Å². The molecule has 3 rings (SSSR count). The number of nitrogens with one attached hydrogen (secondary N) is 1. The van der Waals surface area contributed by atoms with E-state index in [1.807, 2.05) is 39.0 Å². The van der Waals surface area contributed by atoms with Crippen LogP contribution < -0.4 is 14.4 Å². The molecular formula is C30H36FN3O5S. The van der Waals surface area contributed by atoms with Gasteiger partial charge in [0.05, 0.1) is 11.9 Å². The number of halogens is 1. The largest absolute Gasteiger partial charge is 0.457 e. The number of benzene rings is 3. The second-order valence-electron chi connectivity index (χ2n) is 10.5. The number of carbonyl (C=O) groups excluding carboxylic acids is 2. The van der Waals surface area contributed by atoms with Crippen LogP contribution in [0.3, 0.4) is 0 Å². The maximum absolute atomic E-state index is 13.8. The summed E-state index contributed by atoms with van der Waals surface area (Å²) in [6.45, 7) is 6.74. The van der Waals surface area contributed by atoms with Crippen molar-refractivity contribution in [2.75, 3.05) is 17.1 Å². The van der Waals surface area contributed by atoms with E-state index in [4.69, 9.17) is 4.74 Å². The average molecular weight is 570 g/mol. The van der Waals surface area contributed by atoms with Gasteiger partial charge in [0, 0.05) is 12.1 Å². The quantitative estimate of drug-likeness (QED) is 0.346. The van der Waals surface area contributed by atoms with Crippen molar-refractivity contribution in [2.24, 2.45) is 0 Å². The van der Waals surface area contributed by atoms with Crippen molar-refractivity contribution in [3.8, 4) is 11.5 Å². The molecule has 0 fully saturated rings. The van der Waals surface area contributed by atoms with Gasteiger partial charge in [-0.3, -0.25) is 13.9 Å². The Morgan fingerprint density at radius 2 is 1.50 bits per heavy atom. The summed E-state index contributed by atoms with van der Waals surface area (Å²) in [5, 5.41) is 2.90. The Hall–Kier alpha value is -3.92. The summed E-state index contributed by atoms with van der Waals surface area (Å²) in [5.41, 5.74) is 0.326. The van der Waals surface area contributed by atoms with Gasteiger partial charge in [-0.1, -0.05) is 37.3 Å². The second-order valence-corrected chi connectivity index (χ2v) is 12.4. The van der Waals surface area contributed by atoms with E-state index < -0.39 is 39.9 Å². The number of para-hydroxylation sites is 1. The van der Waals surface area contributed by atoms with Crippen LogP contribution in [0.1, 0.15) is 39.7 Å². The number of amides is 2. The minimum Gasteiger partial charge on any atom is -0.457 e. The number of hydrogen-bond donors (Lipinski definition) is 1. The zero-order chi connectivity index (χ0) is 29.5. The highest BCUT2D eigenvalue weighted by molar-refractivity contribution is 7.92. The van der Waals surface area contributed by atoms with Gasteiger partial charge in [0.15, 0.2) is 0 Å². The lowest BCUT2D eigenvalue weighted by Crippen LogP contribution is -2.55. The molecule has 0 aromatic heterocycles. The molecule has 1 atom stereocenters. The monoisotopic (exact) mass is 569 g/mol. The molecule has 0 unspecified atom stereocenters. The number of hydrogen-bond acceptors (Lipinski definition) is 5. The number of anilines is 1. The number of ether oxygens (including phenoxy) is 1. The number of nitrogens with zero attached hydrogens (tertiary/aromatic N) is 2. The summed E-state index contributed by atoms with van der Waals surface area (Å²) in [5.74, 6) is -0.241. The molecule has 3 aromatic rings. The molecule has 2 amide bonds. The zero-order valence-corrected chi connectivity index (χ0v) is 24.2. The maximum atomic E-state index is 13.8. The van der Waals surface area contributed by atoms with Crippen LogP contribution in [0.2, 0.25) is 0 Å². The van der Waals surface area contributed by atoms with Gasteiger partial charge in [0.2, 0.25) is 21.8 Å². The Balaban J connectivity index is 1.90. The predicted octanol–water partition coefficient (Wildman–Crippen LogP) is 5.11. The van der Waals surface area contributed by atoms with Crippen molar-refractivity contribution in [3.05, 3.63) is 90.2 Å². The van der Waals surface area contributed by atoms with Crippen LogP contribution in [-0.2, 0) is 26.2 Å². The van der Waals surface area contributed by atoms with Gasteiger partial charge in [-0.25, -0.2) is 12.8 Å². The summed E-state index contributed by atoms with van der Waals surface area (Å²) in [4.78, 5) is 28.3. The van der Waals surface area contributed by atoms with Crippen LogP contribution in [0.5, 0.6) is 11.5 Å². The van der Waals surface area contributed by atoms with Crippen molar-refractivity contribution in [1.82, 2.24) is 10.2 Å². The SMILES string of the molecule is CC[C@H](C(=O)NC(C)(C)C)N(Cc1ccc(F)cc1)C(=O)CN(c1ccc(Oc2ccccc2)cc1)S(C)(=O)=O. The van der Waals surface area contributed by atoms with Gasteiger partial charge in [0.1, 0.15) is 29.9 Å². The van der Waals surface area contributed by atoms with E-state index in [1.165, 1.54) is 29.2 Å². The van der Waals surface area contributed by atoms with Gasteiger partial charge in [0.25, 0.3) is 0 Å². The summed E-state index contributed by atoms with van der Waals surface area (Å²) < 4.78 is 46.0. The van der Waals surface area contributed by atoms with Gasteiger partial charge >= 0.3 is 0 Å². The molecule has 0 radical (unpaired) electrons. The molecule has 8 nitrogen and oxygen atoms in total. The molecular weight excluding hydrogens is 533 g/mol. The first-order chi connectivity index (χ1) is 18.8. The smallest absolute Gasteiger partial charge is 0.244 e. The highest BCUT2D eigenvalue weighted by atomic mass is 32.2. The second kappa shape index (κ2) is 13.0. The van der Waals surface area contributed by atoms with Crippen LogP contribution in [-0.4, -0.2) is 49.5 Å². The minimum atomic E-state index is -3.88. The third-order valence-electron chi connectivity index (χ3n) is 5.93. The summed E-state index contributed by atoms with van der Waals surface area (Å²) in [6, 6.07) is 20.2. The summed E-state index contributed by atoms with van der Waals surface area (Å²) in [6.07, 6.45) is 1.31. The van der Waals surface area contributed by atoms with Gasteiger partial charge in [-0.2, -0.15) is 0 Å². The molecule has 0 heterocycles. The van der Waals surface area contributed by atoms with Crippen LogP contribution in [0.15, 0.2) is 78.9 Å². The highest BCUT2D eigenvalue weighted by Crippen LogP contribution is 2.26. The lowest BCUT2D eigenvalue weighted by atomic mass is 10.1. The molecule has 10 heteroatoms. The Morgan fingerprint density at radius 1 is 0.925 bits per heavy atom. The lowest BCUT2D eigenvalue weighted by Gasteiger charge is -2.34. The third kappa shape index (κ3) is 8.81. The Labute approximate surface area is 235 Å². The van der Waals surface area contributed by atoms with Crippen LogP contribution in [0.4, 0.5) is 10.1 Å². The molecule has 0 aliphatic carbocycles. The highest BCUT2D eigenvalue weighted by Gasteiger charge is 2.33. The first-order valence-corrected chi connectivity index (χ1v) is 14.8. The third-order valence-corrected chi connectivity index (χ3v) is 7.07. The normalized spacial score (nSPS) is 12.3. The fourth-order valence-corrected chi connectivity index (χ4v) is 4.93. The molecule has 1 N–H and O–H groups in total. The van der Waals surface area contributed by atoms with Crippen molar-refractivity contribution in [3.63, 3.8) is 0 Å². The van der Waals surface area contributed by atoms with Gasteiger partial charge < -0.3 is 15.0 Å². The summed E-state index contributed by atoms with van der Waals surface area (Å²) >= 11 is 0. The fourth-order valence-electron chi connectivity index (χ4n) is 4.08. The van der Waals surface area contributed by atoms with E-state index >= 15 is 0 Å². The van der Waals surface area contributed by atoms with Crippen LogP contribution >= 0.6 is 0 Å². The Bertz CT molecular complexity index is 1390. The lowest BCUT2D eigenvalue weighted by molar-refractivity contribution is -0.141. The number of rotatable bonds is 11. The molecule has 0 saturated carbocycles. The van der Waals surface area contributed by atoms with E-state index in [0.29, 0.717) is 23.5 Å². The van der Waals surface area contributed by atoms with E-state index in [1.54, 1.807) is 43.3 Å². The summed E-state index contributed by atoms with van der Waals surface area (Å²) in [7, 11) is -3.88. The fraction of sp³-hybridized carbons (Fsp3) is 0.333. The Kier molecular flexibility index (Phi) is 9.92. The first-order valence-electron chi connectivity index (χ1n) is 12.9. The Morgan fingerprint density at radius 3 is 2.02 bits per heavy atom.